The lowest BCUT2D eigenvalue weighted by molar-refractivity contribution is 0.311. The van der Waals surface area contributed by atoms with Crippen LogP contribution in [0.25, 0.3) is 22.1 Å². The molecule has 1 N–H and O–H groups in total. The standard InChI is InChI=1S/C25H26N10O/c1-16-12-17(4-7-22(16)36-18-5-6-21-19(13-18)31-32-34(21)3)29-24-23-20(27-15-28-24)14-26-25(30-23)35-10-8-33(2)9-11-35/h4-7,12-15H,8-11H2,1-3H3,(H,27,28,29). The monoisotopic (exact) mass is 482 g/mol. The number of piperazine rings is 1. The first-order chi connectivity index (χ1) is 17.5. The van der Waals surface area contributed by atoms with E-state index in [4.69, 9.17) is 9.72 Å². The number of aromatic nitrogens is 7. The summed E-state index contributed by atoms with van der Waals surface area (Å²) >= 11 is 0. The summed E-state index contributed by atoms with van der Waals surface area (Å²) in [7, 11) is 4.00. The normalized spacial score (nSPS) is 14.5. The fraction of sp³-hybridized carbons (Fsp3) is 0.280. The van der Waals surface area contributed by atoms with Gasteiger partial charge in [-0.2, -0.15) is 0 Å². The predicted octanol–water partition coefficient (Wildman–Crippen LogP) is 3.30. The van der Waals surface area contributed by atoms with Gasteiger partial charge in [0.05, 0.1) is 11.7 Å². The van der Waals surface area contributed by atoms with Crippen LogP contribution in [0.3, 0.4) is 0 Å². The van der Waals surface area contributed by atoms with Crippen molar-refractivity contribution in [3.8, 4) is 11.5 Å². The zero-order valence-electron chi connectivity index (χ0n) is 20.4. The van der Waals surface area contributed by atoms with Crippen LogP contribution in [-0.2, 0) is 7.05 Å². The van der Waals surface area contributed by atoms with Crippen molar-refractivity contribution in [1.29, 1.82) is 0 Å². The fourth-order valence-electron chi connectivity index (χ4n) is 4.28. The molecular weight excluding hydrogens is 456 g/mol. The fourth-order valence-corrected chi connectivity index (χ4v) is 4.28. The molecule has 1 fully saturated rings. The summed E-state index contributed by atoms with van der Waals surface area (Å²) in [5.41, 5.74) is 4.99. The SMILES string of the molecule is Cc1cc(Nc2ncnc3cnc(N4CCN(C)CC4)nc23)ccc1Oc1ccc2c(c1)nnn2C. The summed E-state index contributed by atoms with van der Waals surface area (Å²) in [5.74, 6) is 2.81. The number of benzene rings is 2. The lowest BCUT2D eigenvalue weighted by Gasteiger charge is -2.32. The number of nitrogens with one attached hydrogen (secondary N) is 1. The molecule has 3 aromatic heterocycles. The first-order valence-corrected chi connectivity index (χ1v) is 11.8. The lowest BCUT2D eigenvalue weighted by atomic mass is 10.2. The van der Waals surface area contributed by atoms with Gasteiger partial charge < -0.3 is 19.9 Å². The Morgan fingerprint density at radius 1 is 0.917 bits per heavy atom. The van der Waals surface area contributed by atoms with Crippen molar-refractivity contribution < 1.29 is 4.74 Å². The number of likely N-dealkylation sites (N-methyl/N-ethyl adjacent to an activating group) is 1. The van der Waals surface area contributed by atoms with Crippen molar-refractivity contribution in [2.75, 3.05) is 43.4 Å². The van der Waals surface area contributed by atoms with Gasteiger partial charge in [-0.1, -0.05) is 5.21 Å². The zero-order chi connectivity index (χ0) is 24.6. The molecule has 1 aliphatic heterocycles. The molecule has 182 valence electrons. The predicted molar refractivity (Wildman–Crippen MR) is 138 cm³/mol. The molecule has 0 amide bonds. The third-order valence-corrected chi connectivity index (χ3v) is 6.40. The van der Waals surface area contributed by atoms with Crippen LogP contribution in [0, 0.1) is 6.92 Å². The molecule has 0 radical (unpaired) electrons. The van der Waals surface area contributed by atoms with Gasteiger partial charge in [-0.3, -0.25) is 0 Å². The highest BCUT2D eigenvalue weighted by Crippen LogP contribution is 2.30. The lowest BCUT2D eigenvalue weighted by Crippen LogP contribution is -2.45. The Labute approximate surface area is 207 Å². The quantitative estimate of drug-likeness (QED) is 0.401. The second-order valence-corrected chi connectivity index (χ2v) is 8.99. The largest absolute Gasteiger partial charge is 0.457 e. The van der Waals surface area contributed by atoms with Gasteiger partial charge in [-0.25, -0.2) is 24.6 Å². The maximum absolute atomic E-state index is 6.13. The van der Waals surface area contributed by atoms with Gasteiger partial charge in [0, 0.05) is 45.0 Å². The van der Waals surface area contributed by atoms with Crippen LogP contribution >= 0.6 is 0 Å². The average molecular weight is 483 g/mol. The van der Waals surface area contributed by atoms with Gasteiger partial charge in [0.2, 0.25) is 5.95 Å². The molecule has 36 heavy (non-hydrogen) atoms. The number of hydrogen-bond donors (Lipinski definition) is 1. The molecule has 1 aliphatic rings. The van der Waals surface area contributed by atoms with E-state index in [2.05, 4.69) is 47.4 Å². The molecule has 0 bridgehead atoms. The molecule has 0 saturated carbocycles. The second-order valence-electron chi connectivity index (χ2n) is 8.99. The van der Waals surface area contributed by atoms with Gasteiger partial charge >= 0.3 is 0 Å². The number of rotatable bonds is 5. The number of aryl methyl sites for hydroxylation is 2. The summed E-state index contributed by atoms with van der Waals surface area (Å²) < 4.78 is 7.87. The van der Waals surface area contributed by atoms with E-state index in [0.29, 0.717) is 28.5 Å². The minimum absolute atomic E-state index is 0.638. The topological polar surface area (TPSA) is 110 Å². The maximum atomic E-state index is 6.13. The average Bonchev–Trinajstić information content (AvgIpc) is 3.26. The number of fused-ring (bicyclic) bond motifs is 2. The van der Waals surface area contributed by atoms with Gasteiger partial charge in [-0.15, -0.1) is 5.10 Å². The van der Waals surface area contributed by atoms with Gasteiger partial charge in [-0.05, 0) is 49.9 Å². The Balaban J connectivity index is 1.24. The Morgan fingerprint density at radius 2 is 1.78 bits per heavy atom. The maximum Gasteiger partial charge on any atom is 0.226 e. The summed E-state index contributed by atoms with van der Waals surface area (Å²) in [6.07, 6.45) is 3.29. The van der Waals surface area contributed by atoms with Crippen molar-refractivity contribution in [2.45, 2.75) is 6.92 Å². The number of hydrogen-bond acceptors (Lipinski definition) is 10. The minimum Gasteiger partial charge on any atom is -0.457 e. The molecule has 2 aromatic carbocycles. The van der Waals surface area contributed by atoms with Gasteiger partial charge in [0.1, 0.15) is 34.4 Å². The molecule has 0 aliphatic carbocycles. The number of nitrogens with zero attached hydrogens (tertiary/aromatic N) is 9. The molecule has 0 atom stereocenters. The summed E-state index contributed by atoms with van der Waals surface area (Å²) in [5, 5.41) is 11.6. The van der Waals surface area contributed by atoms with Crippen molar-refractivity contribution in [2.24, 2.45) is 7.05 Å². The van der Waals surface area contributed by atoms with Crippen LogP contribution in [0.1, 0.15) is 5.56 Å². The van der Waals surface area contributed by atoms with Crippen molar-refractivity contribution in [3.05, 3.63) is 54.5 Å². The van der Waals surface area contributed by atoms with Crippen molar-refractivity contribution in [1.82, 2.24) is 39.8 Å². The molecule has 4 heterocycles. The van der Waals surface area contributed by atoms with Gasteiger partial charge in [0.15, 0.2) is 5.82 Å². The molecule has 11 heteroatoms. The molecule has 11 nitrogen and oxygen atoms in total. The number of ether oxygens (including phenoxy) is 1. The van der Waals surface area contributed by atoms with Crippen LogP contribution in [0.4, 0.5) is 17.5 Å². The highest BCUT2D eigenvalue weighted by Gasteiger charge is 2.18. The molecule has 1 saturated heterocycles. The van der Waals surface area contributed by atoms with E-state index in [-0.39, 0.29) is 0 Å². The number of anilines is 3. The first-order valence-electron chi connectivity index (χ1n) is 11.8. The second kappa shape index (κ2) is 9.00. The van der Waals surface area contributed by atoms with E-state index in [1.54, 1.807) is 10.9 Å². The Kier molecular flexibility index (Phi) is 5.53. The summed E-state index contributed by atoms with van der Waals surface area (Å²) in [6, 6.07) is 11.7. The third-order valence-electron chi connectivity index (χ3n) is 6.40. The minimum atomic E-state index is 0.638. The Bertz CT molecular complexity index is 1560. The molecule has 0 unspecified atom stereocenters. The van der Waals surface area contributed by atoms with E-state index in [0.717, 1.165) is 54.2 Å². The van der Waals surface area contributed by atoms with E-state index in [9.17, 15) is 0 Å². The zero-order valence-corrected chi connectivity index (χ0v) is 20.4. The Morgan fingerprint density at radius 3 is 2.61 bits per heavy atom. The van der Waals surface area contributed by atoms with E-state index < -0.39 is 0 Å². The van der Waals surface area contributed by atoms with Crippen LogP contribution in [0.2, 0.25) is 0 Å². The van der Waals surface area contributed by atoms with Crippen LogP contribution < -0.4 is 15.0 Å². The summed E-state index contributed by atoms with van der Waals surface area (Å²) in [6.45, 7) is 5.76. The molecule has 0 spiro atoms. The molecular formula is C25H26N10O. The van der Waals surface area contributed by atoms with Crippen LogP contribution in [0.15, 0.2) is 48.9 Å². The van der Waals surface area contributed by atoms with Crippen molar-refractivity contribution >= 4 is 39.5 Å². The van der Waals surface area contributed by atoms with Crippen molar-refractivity contribution in [3.63, 3.8) is 0 Å². The van der Waals surface area contributed by atoms with Crippen LogP contribution in [0.5, 0.6) is 11.5 Å². The molecule has 5 aromatic rings. The van der Waals surface area contributed by atoms with Crippen LogP contribution in [-0.4, -0.2) is 73.1 Å². The van der Waals surface area contributed by atoms with E-state index in [1.165, 1.54) is 6.33 Å². The first kappa shape index (κ1) is 22.1. The highest BCUT2D eigenvalue weighted by atomic mass is 16.5. The third kappa shape index (κ3) is 4.24. The van der Waals surface area contributed by atoms with E-state index >= 15 is 0 Å². The van der Waals surface area contributed by atoms with Gasteiger partial charge in [0.25, 0.3) is 0 Å². The van der Waals surface area contributed by atoms with E-state index in [1.807, 2.05) is 50.4 Å². The summed E-state index contributed by atoms with van der Waals surface area (Å²) in [4.78, 5) is 22.7. The Hall–Kier alpha value is -4.38. The molecule has 6 rings (SSSR count). The highest BCUT2D eigenvalue weighted by molar-refractivity contribution is 5.87. The smallest absolute Gasteiger partial charge is 0.226 e.